The van der Waals surface area contributed by atoms with Crippen LogP contribution in [0.25, 0.3) is 0 Å². The van der Waals surface area contributed by atoms with Crippen LogP contribution in [0.15, 0.2) is 23.6 Å². The first-order chi connectivity index (χ1) is 9.52. The number of aromatic nitrogens is 1. The summed E-state index contributed by atoms with van der Waals surface area (Å²) in [6.07, 6.45) is 0.988. The Morgan fingerprint density at radius 3 is 2.95 bits per heavy atom. The van der Waals surface area contributed by atoms with E-state index in [1.807, 2.05) is 6.92 Å². The number of thiazole rings is 1. The predicted molar refractivity (Wildman–Crippen MR) is 82.2 cm³/mol. The van der Waals surface area contributed by atoms with E-state index < -0.39 is 0 Å². The number of aryl methyl sites for hydroxylation is 1. The third-order valence-electron chi connectivity index (χ3n) is 3.43. The van der Waals surface area contributed by atoms with Crippen LogP contribution in [0.4, 0.5) is 0 Å². The van der Waals surface area contributed by atoms with Gasteiger partial charge in [-0.3, -0.25) is 0 Å². The molecule has 0 saturated heterocycles. The lowest BCUT2D eigenvalue weighted by atomic mass is 10.0. The fraction of sp³-hybridized carbons (Fsp3) is 0.438. The van der Waals surface area contributed by atoms with Gasteiger partial charge in [-0.05, 0) is 38.0 Å². The van der Waals surface area contributed by atoms with E-state index in [4.69, 9.17) is 4.74 Å². The van der Waals surface area contributed by atoms with E-state index in [1.165, 1.54) is 11.1 Å². The van der Waals surface area contributed by atoms with Crippen molar-refractivity contribution in [3.8, 4) is 5.75 Å². The summed E-state index contributed by atoms with van der Waals surface area (Å²) in [7, 11) is 0. The minimum absolute atomic E-state index is 0.0630. The number of nitrogens with one attached hydrogen (secondary N) is 1. The van der Waals surface area contributed by atoms with Crippen LogP contribution in [0.2, 0.25) is 0 Å². The van der Waals surface area contributed by atoms with Gasteiger partial charge in [0.1, 0.15) is 11.4 Å². The van der Waals surface area contributed by atoms with E-state index in [0.717, 1.165) is 36.0 Å². The number of benzene rings is 1. The van der Waals surface area contributed by atoms with Crippen molar-refractivity contribution < 1.29 is 4.74 Å². The van der Waals surface area contributed by atoms with E-state index in [2.05, 4.69) is 47.7 Å². The quantitative estimate of drug-likeness (QED) is 0.935. The van der Waals surface area contributed by atoms with Gasteiger partial charge in [-0.1, -0.05) is 12.1 Å². The molecule has 0 fully saturated rings. The summed E-state index contributed by atoms with van der Waals surface area (Å²) in [5.74, 6) is 1.04. The van der Waals surface area contributed by atoms with Crippen molar-refractivity contribution in [2.24, 2.45) is 0 Å². The average molecular weight is 288 g/mol. The van der Waals surface area contributed by atoms with Crippen LogP contribution in [0.5, 0.6) is 5.75 Å². The molecule has 2 aromatic rings. The van der Waals surface area contributed by atoms with Gasteiger partial charge in [0.25, 0.3) is 0 Å². The van der Waals surface area contributed by atoms with Crippen LogP contribution in [-0.4, -0.2) is 10.6 Å². The lowest BCUT2D eigenvalue weighted by Gasteiger charge is -2.16. The molecule has 0 atom stereocenters. The molecule has 1 aliphatic rings. The van der Waals surface area contributed by atoms with Gasteiger partial charge in [-0.2, -0.15) is 0 Å². The zero-order chi connectivity index (χ0) is 14.2. The maximum absolute atomic E-state index is 5.90. The highest BCUT2D eigenvalue weighted by atomic mass is 32.1. The molecular formula is C16H20N2OS. The van der Waals surface area contributed by atoms with Gasteiger partial charge >= 0.3 is 0 Å². The topological polar surface area (TPSA) is 34.2 Å². The first-order valence-corrected chi connectivity index (χ1v) is 7.82. The smallest absolute Gasteiger partial charge is 0.123 e. The van der Waals surface area contributed by atoms with Gasteiger partial charge in [0.15, 0.2) is 0 Å². The van der Waals surface area contributed by atoms with Gasteiger partial charge in [0.05, 0.1) is 10.7 Å². The highest BCUT2D eigenvalue weighted by molar-refractivity contribution is 7.09. The van der Waals surface area contributed by atoms with Gasteiger partial charge in [-0.15, -0.1) is 11.3 Å². The standard InChI is InChI=1S/C16H20N2OS/c1-11-18-14(10-20-11)9-17-8-12-4-5-15-13(6-12)7-16(2,3)19-15/h4-6,10,17H,7-9H2,1-3H3. The normalized spacial score (nSPS) is 15.9. The minimum Gasteiger partial charge on any atom is -0.487 e. The summed E-state index contributed by atoms with van der Waals surface area (Å²) in [6, 6.07) is 6.48. The SMILES string of the molecule is Cc1nc(CNCc2ccc3c(c2)CC(C)(C)O3)cs1. The second-order valence-electron chi connectivity index (χ2n) is 5.94. The molecule has 1 aliphatic heterocycles. The lowest BCUT2D eigenvalue weighted by molar-refractivity contribution is 0.138. The molecule has 20 heavy (non-hydrogen) atoms. The summed E-state index contributed by atoms with van der Waals surface area (Å²) in [6.45, 7) is 8.00. The summed E-state index contributed by atoms with van der Waals surface area (Å²) in [4.78, 5) is 4.45. The van der Waals surface area contributed by atoms with Crippen LogP contribution >= 0.6 is 11.3 Å². The van der Waals surface area contributed by atoms with Gasteiger partial charge < -0.3 is 10.1 Å². The lowest BCUT2D eigenvalue weighted by Crippen LogP contribution is -2.24. The largest absolute Gasteiger partial charge is 0.487 e. The molecule has 3 nitrogen and oxygen atoms in total. The molecule has 0 saturated carbocycles. The van der Waals surface area contributed by atoms with Gasteiger partial charge in [0.2, 0.25) is 0 Å². The third kappa shape index (κ3) is 3.02. The average Bonchev–Trinajstić information content (AvgIpc) is 2.90. The van der Waals surface area contributed by atoms with Gasteiger partial charge in [-0.25, -0.2) is 4.98 Å². The summed E-state index contributed by atoms with van der Waals surface area (Å²) in [5.41, 5.74) is 3.68. The maximum atomic E-state index is 5.90. The summed E-state index contributed by atoms with van der Waals surface area (Å²) >= 11 is 1.70. The van der Waals surface area contributed by atoms with Crippen molar-refractivity contribution in [3.05, 3.63) is 45.4 Å². The molecular weight excluding hydrogens is 268 g/mol. The molecule has 0 unspecified atom stereocenters. The van der Waals surface area contributed by atoms with Crippen molar-refractivity contribution in [3.63, 3.8) is 0 Å². The maximum Gasteiger partial charge on any atom is 0.123 e. The highest BCUT2D eigenvalue weighted by Gasteiger charge is 2.29. The minimum atomic E-state index is -0.0630. The van der Waals surface area contributed by atoms with Crippen molar-refractivity contribution in [2.45, 2.75) is 45.9 Å². The summed E-state index contributed by atoms with van der Waals surface area (Å²) in [5, 5.41) is 6.68. The van der Waals surface area contributed by atoms with Crippen LogP contribution < -0.4 is 10.1 Å². The number of fused-ring (bicyclic) bond motifs is 1. The third-order valence-corrected chi connectivity index (χ3v) is 4.25. The Hall–Kier alpha value is -1.39. The zero-order valence-electron chi connectivity index (χ0n) is 12.2. The Labute approximate surface area is 124 Å². The zero-order valence-corrected chi connectivity index (χ0v) is 13.0. The molecule has 4 heteroatoms. The molecule has 0 bridgehead atoms. The van der Waals surface area contributed by atoms with E-state index in [-0.39, 0.29) is 5.60 Å². The Balaban J connectivity index is 1.59. The second kappa shape index (κ2) is 5.19. The summed E-state index contributed by atoms with van der Waals surface area (Å²) < 4.78 is 5.90. The number of nitrogens with zero attached hydrogens (tertiary/aromatic N) is 1. The molecule has 0 radical (unpaired) electrons. The van der Waals surface area contributed by atoms with Crippen molar-refractivity contribution in [1.82, 2.24) is 10.3 Å². The Morgan fingerprint density at radius 2 is 2.20 bits per heavy atom. The van der Waals surface area contributed by atoms with E-state index in [0.29, 0.717) is 0 Å². The molecule has 0 amide bonds. The van der Waals surface area contributed by atoms with Crippen LogP contribution in [0.1, 0.15) is 35.7 Å². The Bertz CT molecular complexity index is 619. The fourth-order valence-electron chi connectivity index (χ4n) is 2.60. The molecule has 0 aliphatic carbocycles. The Kier molecular flexibility index (Phi) is 3.52. The van der Waals surface area contributed by atoms with Crippen LogP contribution in [-0.2, 0) is 19.5 Å². The van der Waals surface area contributed by atoms with E-state index in [1.54, 1.807) is 11.3 Å². The molecule has 3 rings (SSSR count). The Morgan fingerprint density at radius 1 is 1.35 bits per heavy atom. The van der Waals surface area contributed by atoms with Gasteiger partial charge in [0, 0.05) is 24.9 Å². The number of rotatable bonds is 4. The number of hydrogen-bond donors (Lipinski definition) is 1. The molecule has 1 N–H and O–H groups in total. The molecule has 2 heterocycles. The fourth-order valence-corrected chi connectivity index (χ4v) is 3.21. The highest BCUT2D eigenvalue weighted by Crippen LogP contribution is 2.35. The van der Waals surface area contributed by atoms with Crippen molar-refractivity contribution in [1.29, 1.82) is 0 Å². The van der Waals surface area contributed by atoms with Crippen LogP contribution in [0, 0.1) is 6.92 Å². The number of hydrogen-bond acceptors (Lipinski definition) is 4. The van der Waals surface area contributed by atoms with E-state index >= 15 is 0 Å². The first kappa shape index (κ1) is 13.6. The molecule has 1 aromatic carbocycles. The predicted octanol–water partition coefficient (Wildman–Crippen LogP) is 3.45. The molecule has 0 spiro atoms. The van der Waals surface area contributed by atoms with E-state index in [9.17, 15) is 0 Å². The van der Waals surface area contributed by atoms with Crippen molar-refractivity contribution in [2.75, 3.05) is 0 Å². The number of ether oxygens (including phenoxy) is 1. The molecule has 1 aromatic heterocycles. The van der Waals surface area contributed by atoms with Crippen molar-refractivity contribution >= 4 is 11.3 Å². The monoisotopic (exact) mass is 288 g/mol. The molecule has 106 valence electrons. The second-order valence-corrected chi connectivity index (χ2v) is 7.00. The van der Waals surface area contributed by atoms with Crippen LogP contribution in [0.3, 0.4) is 0 Å². The first-order valence-electron chi connectivity index (χ1n) is 6.94.